The normalized spacial score (nSPS) is 13.6. The van der Waals surface area contributed by atoms with Gasteiger partial charge in [-0.3, -0.25) is 0 Å². The zero-order chi connectivity index (χ0) is 19.3. The first kappa shape index (κ1) is 19.9. The van der Waals surface area contributed by atoms with Crippen molar-refractivity contribution in [2.45, 2.75) is 18.7 Å². The number of hydrogen-bond donors (Lipinski definition) is 2. The summed E-state index contributed by atoms with van der Waals surface area (Å²) in [7, 11) is -3.77. The van der Waals surface area contributed by atoms with Gasteiger partial charge in [-0.05, 0) is 32.0 Å². The molecule has 0 radical (unpaired) electrons. The van der Waals surface area contributed by atoms with Crippen molar-refractivity contribution in [2.75, 3.05) is 18.4 Å². The van der Waals surface area contributed by atoms with Gasteiger partial charge in [0.05, 0.1) is 39.9 Å². The van der Waals surface area contributed by atoms with Crippen LogP contribution in [0, 0.1) is 34.5 Å². The van der Waals surface area contributed by atoms with E-state index >= 15 is 0 Å². The molecule has 10 heteroatoms. The quantitative estimate of drug-likeness (QED) is 0.738. The molecule has 0 saturated heterocycles. The molecule has 1 aromatic heterocycles. The van der Waals surface area contributed by atoms with E-state index in [0.717, 1.165) is 0 Å². The maximum Gasteiger partial charge on any atom is 0.240 e. The molecule has 0 saturated carbocycles. The van der Waals surface area contributed by atoms with Gasteiger partial charge in [-0.15, -0.1) is 0 Å². The highest BCUT2D eigenvalue weighted by Crippen LogP contribution is 2.23. The Kier molecular flexibility index (Phi) is 6.32. The van der Waals surface area contributed by atoms with Crippen molar-refractivity contribution in [1.29, 1.82) is 10.5 Å². The molecule has 0 bridgehead atoms. The number of anilines is 1. The van der Waals surface area contributed by atoms with E-state index in [1.54, 1.807) is 13.8 Å². The number of nitriles is 2. The number of benzene rings is 1. The fourth-order valence-electron chi connectivity index (χ4n) is 1.95. The van der Waals surface area contributed by atoms with Gasteiger partial charge in [0.15, 0.2) is 11.0 Å². The van der Waals surface area contributed by atoms with Crippen LogP contribution in [0.4, 0.5) is 5.82 Å². The van der Waals surface area contributed by atoms with Crippen molar-refractivity contribution in [1.82, 2.24) is 14.7 Å². The minimum absolute atomic E-state index is 0.0133. The minimum Gasteiger partial charge on any atom is -0.366 e. The van der Waals surface area contributed by atoms with Gasteiger partial charge in [0.25, 0.3) is 0 Å². The van der Waals surface area contributed by atoms with Crippen molar-refractivity contribution >= 4 is 38.5 Å². The standard InChI is InChI=1S/C16H17ClN6O2S/c1-10(6-18)8-20-16-15(17)22-14-5-12(3-4-13(14)23-16)26(24,25)21-9-11(2)7-19/h3-5,10-11,21H,8-9H2,1-2H3,(H,20,23). The Morgan fingerprint density at radius 3 is 2.42 bits per heavy atom. The van der Waals surface area contributed by atoms with Crippen molar-refractivity contribution in [3.63, 3.8) is 0 Å². The molecule has 0 spiro atoms. The van der Waals surface area contributed by atoms with E-state index in [1.807, 2.05) is 6.07 Å². The SMILES string of the molecule is CC(C#N)CNc1nc2ccc(S(=O)(=O)NCC(C)C#N)cc2nc1Cl. The summed E-state index contributed by atoms with van der Waals surface area (Å²) in [6, 6.07) is 8.36. The van der Waals surface area contributed by atoms with Gasteiger partial charge < -0.3 is 5.32 Å². The molecule has 2 aromatic rings. The highest BCUT2D eigenvalue weighted by atomic mass is 35.5. The van der Waals surface area contributed by atoms with Gasteiger partial charge in [-0.1, -0.05) is 11.6 Å². The van der Waals surface area contributed by atoms with E-state index in [4.69, 9.17) is 22.1 Å². The molecule has 0 aliphatic rings. The fourth-order valence-corrected chi connectivity index (χ4v) is 3.30. The lowest BCUT2D eigenvalue weighted by molar-refractivity contribution is 0.573. The zero-order valence-electron chi connectivity index (χ0n) is 14.2. The maximum absolute atomic E-state index is 12.3. The number of sulfonamides is 1. The molecule has 2 N–H and O–H groups in total. The first-order valence-corrected chi connectivity index (χ1v) is 9.63. The van der Waals surface area contributed by atoms with Gasteiger partial charge in [-0.25, -0.2) is 23.1 Å². The van der Waals surface area contributed by atoms with E-state index < -0.39 is 15.9 Å². The van der Waals surface area contributed by atoms with Crippen LogP contribution >= 0.6 is 11.6 Å². The molecule has 2 atom stereocenters. The van der Waals surface area contributed by atoms with Crippen LogP contribution in [-0.2, 0) is 10.0 Å². The summed E-state index contributed by atoms with van der Waals surface area (Å²) in [5.74, 6) is -0.334. The molecule has 2 unspecified atom stereocenters. The molecule has 8 nitrogen and oxygen atoms in total. The molecule has 0 amide bonds. The summed E-state index contributed by atoms with van der Waals surface area (Å²) in [5, 5.41) is 20.6. The summed E-state index contributed by atoms with van der Waals surface area (Å²) in [5.41, 5.74) is 0.788. The van der Waals surface area contributed by atoms with Crippen LogP contribution < -0.4 is 10.0 Å². The van der Waals surface area contributed by atoms with E-state index in [-0.39, 0.29) is 22.5 Å². The molecule has 0 aliphatic carbocycles. The van der Waals surface area contributed by atoms with Crippen LogP contribution in [0.15, 0.2) is 23.1 Å². The highest BCUT2D eigenvalue weighted by molar-refractivity contribution is 7.89. The second-order valence-electron chi connectivity index (χ2n) is 5.81. The largest absolute Gasteiger partial charge is 0.366 e. The van der Waals surface area contributed by atoms with Gasteiger partial charge in [0, 0.05) is 13.1 Å². The molecule has 0 aliphatic heterocycles. The van der Waals surface area contributed by atoms with Crippen LogP contribution in [0.25, 0.3) is 11.0 Å². The van der Waals surface area contributed by atoms with E-state index in [1.165, 1.54) is 18.2 Å². The average molecular weight is 393 g/mol. The third-order valence-electron chi connectivity index (χ3n) is 3.50. The monoisotopic (exact) mass is 392 g/mol. The van der Waals surface area contributed by atoms with Crippen LogP contribution in [0.2, 0.25) is 5.15 Å². The van der Waals surface area contributed by atoms with Crippen LogP contribution in [0.5, 0.6) is 0 Å². The first-order chi connectivity index (χ1) is 12.3. The summed E-state index contributed by atoms with van der Waals surface area (Å²) in [6.07, 6.45) is 0. The van der Waals surface area contributed by atoms with Crippen molar-refractivity contribution in [3.05, 3.63) is 23.4 Å². The number of fused-ring (bicyclic) bond motifs is 1. The average Bonchev–Trinajstić information content (AvgIpc) is 2.63. The third kappa shape index (κ3) is 4.79. The Labute approximate surface area is 156 Å². The number of aromatic nitrogens is 2. The van der Waals surface area contributed by atoms with E-state index in [9.17, 15) is 8.42 Å². The Bertz CT molecular complexity index is 996. The number of rotatable bonds is 7. The Balaban J connectivity index is 2.29. The number of nitrogens with one attached hydrogen (secondary N) is 2. The van der Waals surface area contributed by atoms with Gasteiger partial charge in [0.2, 0.25) is 10.0 Å². The second-order valence-corrected chi connectivity index (χ2v) is 7.93. The molecule has 2 rings (SSSR count). The summed E-state index contributed by atoms with van der Waals surface area (Å²) in [4.78, 5) is 8.51. The zero-order valence-corrected chi connectivity index (χ0v) is 15.8. The predicted molar refractivity (Wildman–Crippen MR) is 97.8 cm³/mol. The molecule has 1 aromatic carbocycles. The lowest BCUT2D eigenvalue weighted by Gasteiger charge is -2.11. The van der Waals surface area contributed by atoms with Crippen molar-refractivity contribution in [2.24, 2.45) is 11.8 Å². The Morgan fingerprint density at radius 1 is 1.12 bits per heavy atom. The Hall–Kier alpha value is -2.46. The lowest BCUT2D eigenvalue weighted by Crippen LogP contribution is -2.28. The van der Waals surface area contributed by atoms with Crippen LogP contribution in [0.3, 0.4) is 0 Å². The molecule has 1 heterocycles. The number of halogens is 1. The minimum atomic E-state index is -3.77. The van der Waals surface area contributed by atoms with Gasteiger partial charge in [0.1, 0.15) is 0 Å². The van der Waals surface area contributed by atoms with Crippen LogP contribution in [-0.4, -0.2) is 31.5 Å². The van der Waals surface area contributed by atoms with Gasteiger partial charge >= 0.3 is 0 Å². The summed E-state index contributed by atoms with van der Waals surface area (Å²) < 4.78 is 27.0. The van der Waals surface area contributed by atoms with Crippen molar-refractivity contribution in [3.8, 4) is 12.1 Å². The fraction of sp³-hybridized carbons (Fsp3) is 0.375. The number of nitrogens with zero attached hydrogens (tertiary/aromatic N) is 4. The summed E-state index contributed by atoms with van der Waals surface area (Å²) >= 11 is 6.10. The molecule has 136 valence electrons. The first-order valence-electron chi connectivity index (χ1n) is 7.77. The topological polar surface area (TPSA) is 132 Å². The molecular formula is C16H17ClN6O2S. The highest BCUT2D eigenvalue weighted by Gasteiger charge is 2.17. The molecule has 26 heavy (non-hydrogen) atoms. The summed E-state index contributed by atoms with van der Waals surface area (Å²) in [6.45, 7) is 3.76. The predicted octanol–water partition coefficient (Wildman–Crippen LogP) is 2.29. The van der Waals surface area contributed by atoms with Crippen molar-refractivity contribution < 1.29 is 8.42 Å². The lowest BCUT2D eigenvalue weighted by atomic mass is 10.2. The smallest absolute Gasteiger partial charge is 0.240 e. The second kappa shape index (κ2) is 8.28. The number of hydrogen-bond acceptors (Lipinski definition) is 7. The van der Waals surface area contributed by atoms with Gasteiger partial charge in [-0.2, -0.15) is 10.5 Å². The molecular weight excluding hydrogens is 376 g/mol. The Morgan fingerprint density at radius 2 is 1.77 bits per heavy atom. The third-order valence-corrected chi connectivity index (χ3v) is 5.18. The van der Waals surface area contributed by atoms with E-state index in [0.29, 0.717) is 23.4 Å². The molecule has 0 fully saturated rings. The maximum atomic E-state index is 12.3. The van der Waals surface area contributed by atoms with E-state index in [2.05, 4.69) is 26.1 Å². The van der Waals surface area contributed by atoms with Crippen LogP contribution in [0.1, 0.15) is 13.8 Å².